The van der Waals surface area contributed by atoms with E-state index in [-0.39, 0.29) is 5.54 Å². The first kappa shape index (κ1) is 15.3. The zero-order valence-electron chi connectivity index (χ0n) is 15.0. The fourth-order valence-corrected chi connectivity index (χ4v) is 5.43. The normalized spacial score (nSPS) is 28.7. The van der Waals surface area contributed by atoms with Gasteiger partial charge in [0.15, 0.2) is 13.8 Å². The van der Waals surface area contributed by atoms with Gasteiger partial charge in [0.1, 0.15) is 0 Å². The van der Waals surface area contributed by atoms with Crippen LogP contribution in [0.15, 0.2) is 0 Å². The number of nitrogens with one attached hydrogen (secondary N) is 1. The predicted octanol–water partition coefficient (Wildman–Crippen LogP) is 1.55. The van der Waals surface area contributed by atoms with Crippen LogP contribution < -0.4 is 10.2 Å². The predicted molar refractivity (Wildman–Crippen MR) is 96.5 cm³/mol. The average Bonchev–Trinajstić information content (AvgIpc) is 2.71. The van der Waals surface area contributed by atoms with E-state index in [2.05, 4.69) is 28.7 Å². The first-order valence-electron chi connectivity index (χ1n) is 9.56. The summed E-state index contributed by atoms with van der Waals surface area (Å²) in [5.41, 5.74) is 3.57. The van der Waals surface area contributed by atoms with Gasteiger partial charge in [-0.05, 0) is 51.4 Å². The molecule has 2 aliphatic heterocycles. The van der Waals surface area contributed by atoms with Crippen molar-refractivity contribution in [3.8, 4) is 0 Å². The summed E-state index contributed by atoms with van der Waals surface area (Å²) in [6.45, 7) is 9.85. The first-order chi connectivity index (χ1) is 11.5. The Hall–Kier alpha value is -1.01. The maximum absolute atomic E-state index is 6.14. The quantitative estimate of drug-likeness (QED) is 0.837. The van der Waals surface area contributed by atoms with E-state index in [4.69, 9.17) is 13.1 Å². The minimum atomic E-state index is 0.238. The number of piperazine rings is 1. The van der Waals surface area contributed by atoms with E-state index in [0.717, 1.165) is 19.6 Å². The molecule has 2 aliphatic carbocycles. The minimum Gasteiger partial charge on any atom is -0.350 e. The van der Waals surface area contributed by atoms with Crippen LogP contribution in [0.25, 0.3) is 0 Å². The topological polar surface area (TPSA) is 36.3 Å². The van der Waals surface area contributed by atoms with E-state index in [9.17, 15) is 0 Å². The monoisotopic (exact) mass is 325 g/mol. The molecule has 1 aromatic rings. The Morgan fingerprint density at radius 3 is 2.50 bits per heavy atom. The second-order valence-corrected chi connectivity index (χ2v) is 8.84. The SMILES string of the molecule is [B]N1CCN(c2nn(C3CC4(CNC4)C3)c(C)c2C)C2(CCC2)C1. The number of hydrogen-bond donors (Lipinski definition) is 1. The van der Waals surface area contributed by atoms with E-state index in [0.29, 0.717) is 11.5 Å². The molecule has 2 radical (unpaired) electrons. The summed E-state index contributed by atoms with van der Waals surface area (Å²) in [4.78, 5) is 4.60. The highest BCUT2D eigenvalue weighted by molar-refractivity contribution is 6.04. The van der Waals surface area contributed by atoms with Gasteiger partial charge in [-0.3, -0.25) is 4.68 Å². The van der Waals surface area contributed by atoms with Gasteiger partial charge < -0.3 is 15.0 Å². The third-order valence-corrected chi connectivity index (χ3v) is 7.33. The van der Waals surface area contributed by atoms with Crippen LogP contribution in [-0.2, 0) is 0 Å². The maximum atomic E-state index is 6.14. The maximum Gasteiger partial charge on any atom is 0.182 e. The number of rotatable bonds is 2. The van der Waals surface area contributed by atoms with Gasteiger partial charge in [-0.25, -0.2) is 0 Å². The van der Waals surface area contributed by atoms with E-state index in [1.807, 2.05) is 4.81 Å². The Kier molecular flexibility index (Phi) is 3.19. The van der Waals surface area contributed by atoms with Gasteiger partial charge >= 0.3 is 0 Å². The molecule has 0 atom stereocenters. The van der Waals surface area contributed by atoms with Gasteiger partial charge in [-0.15, -0.1) is 0 Å². The summed E-state index contributed by atoms with van der Waals surface area (Å²) in [6.07, 6.45) is 6.42. The second-order valence-electron chi connectivity index (χ2n) is 8.84. The number of aromatic nitrogens is 2. The molecule has 6 heteroatoms. The van der Waals surface area contributed by atoms with Crippen molar-refractivity contribution in [1.29, 1.82) is 0 Å². The van der Waals surface area contributed by atoms with E-state index < -0.39 is 0 Å². The zero-order chi connectivity index (χ0) is 16.5. The van der Waals surface area contributed by atoms with Crippen molar-refractivity contribution < 1.29 is 0 Å². The van der Waals surface area contributed by atoms with Gasteiger partial charge in [0, 0.05) is 44.0 Å². The summed E-state index contributed by atoms with van der Waals surface area (Å²) in [5, 5.41) is 8.58. The molecule has 2 spiro atoms. The van der Waals surface area contributed by atoms with Crippen molar-refractivity contribution in [2.24, 2.45) is 5.41 Å². The molecule has 128 valence electrons. The molecule has 3 heterocycles. The third kappa shape index (κ3) is 1.99. The molecule has 0 aromatic carbocycles. The molecule has 0 amide bonds. The van der Waals surface area contributed by atoms with Crippen LogP contribution in [0.4, 0.5) is 5.82 Å². The molecule has 0 unspecified atom stereocenters. The van der Waals surface area contributed by atoms with Crippen LogP contribution in [0, 0.1) is 19.3 Å². The van der Waals surface area contributed by atoms with Crippen LogP contribution in [0.3, 0.4) is 0 Å². The molecular weight excluding hydrogens is 297 g/mol. The van der Waals surface area contributed by atoms with E-state index in [1.165, 1.54) is 62.3 Å². The second kappa shape index (κ2) is 5.01. The number of anilines is 1. The molecule has 5 rings (SSSR count). The third-order valence-electron chi connectivity index (χ3n) is 7.33. The lowest BCUT2D eigenvalue weighted by Crippen LogP contribution is -2.65. The lowest BCUT2D eigenvalue weighted by molar-refractivity contribution is 0.00147. The summed E-state index contributed by atoms with van der Waals surface area (Å²) >= 11 is 0. The minimum absolute atomic E-state index is 0.238. The molecule has 0 bridgehead atoms. The molecular formula is C18H28BN5. The van der Waals surface area contributed by atoms with Crippen LogP contribution in [0.2, 0.25) is 0 Å². The van der Waals surface area contributed by atoms with Gasteiger partial charge in [-0.1, -0.05) is 0 Å². The van der Waals surface area contributed by atoms with Crippen LogP contribution in [-0.4, -0.2) is 60.8 Å². The van der Waals surface area contributed by atoms with E-state index in [1.54, 1.807) is 0 Å². The molecule has 4 fully saturated rings. The van der Waals surface area contributed by atoms with E-state index >= 15 is 0 Å². The zero-order valence-corrected chi connectivity index (χ0v) is 15.0. The fourth-order valence-electron chi connectivity index (χ4n) is 5.43. The van der Waals surface area contributed by atoms with Gasteiger partial charge in [0.2, 0.25) is 0 Å². The molecule has 4 aliphatic rings. The van der Waals surface area contributed by atoms with Crippen LogP contribution in [0.5, 0.6) is 0 Å². The molecule has 2 saturated carbocycles. The van der Waals surface area contributed by atoms with Gasteiger partial charge in [0.25, 0.3) is 0 Å². The summed E-state index contributed by atoms with van der Waals surface area (Å²) < 4.78 is 2.34. The molecule has 1 aromatic heterocycles. The van der Waals surface area contributed by atoms with Crippen molar-refractivity contribution in [2.75, 3.05) is 37.6 Å². The van der Waals surface area contributed by atoms with Crippen molar-refractivity contribution in [3.63, 3.8) is 0 Å². The van der Waals surface area contributed by atoms with Gasteiger partial charge in [0.05, 0.1) is 11.6 Å². The first-order valence-corrected chi connectivity index (χ1v) is 9.56. The van der Waals surface area contributed by atoms with Crippen molar-refractivity contribution in [1.82, 2.24) is 19.9 Å². The smallest absolute Gasteiger partial charge is 0.182 e. The standard InChI is InChI=1S/C18H28BN5/c1-13-14(2)24(15-8-17(9-15)10-20-11-17)21-16(13)23-7-6-22(19)12-18(23)4-3-5-18/h15,20H,3-12H2,1-2H3. The largest absolute Gasteiger partial charge is 0.350 e. The molecule has 2 saturated heterocycles. The van der Waals surface area contributed by atoms with Crippen LogP contribution in [0.1, 0.15) is 49.4 Å². The van der Waals surface area contributed by atoms with Crippen molar-refractivity contribution in [2.45, 2.75) is 57.5 Å². The molecule has 1 N–H and O–H groups in total. The van der Waals surface area contributed by atoms with Gasteiger partial charge in [-0.2, -0.15) is 5.10 Å². The lowest BCUT2D eigenvalue weighted by atomic mass is 9.61. The van der Waals surface area contributed by atoms with Crippen molar-refractivity contribution in [3.05, 3.63) is 11.3 Å². The Labute approximate surface area is 146 Å². The fraction of sp³-hybridized carbons (Fsp3) is 0.833. The Morgan fingerprint density at radius 1 is 1.17 bits per heavy atom. The highest BCUT2D eigenvalue weighted by atomic mass is 15.4. The Morgan fingerprint density at radius 2 is 1.92 bits per heavy atom. The van der Waals surface area contributed by atoms with Crippen molar-refractivity contribution >= 4 is 13.8 Å². The highest BCUT2D eigenvalue weighted by Gasteiger charge is 2.51. The Bertz CT molecular complexity index is 653. The summed E-state index contributed by atoms with van der Waals surface area (Å²) in [7, 11) is 6.14. The number of hydrogen-bond acceptors (Lipinski definition) is 4. The summed E-state index contributed by atoms with van der Waals surface area (Å²) in [6, 6.07) is 0.604. The molecule has 5 nitrogen and oxygen atoms in total. The van der Waals surface area contributed by atoms with Crippen LogP contribution >= 0.6 is 0 Å². The Balaban J connectivity index is 1.43. The lowest BCUT2D eigenvalue weighted by Gasteiger charge is -2.56. The number of nitrogens with zero attached hydrogens (tertiary/aromatic N) is 4. The average molecular weight is 325 g/mol. The summed E-state index contributed by atoms with van der Waals surface area (Å²) in [5.74, 6) is 1.23. The highest BCUT2D eigenvalue weighted by Crippen LogP contribution is 2.52. The molecule has 24 heavy (non-hydrogen) atoms.